The van der Waals surface area contributed by atoms with Crippen molar-refractivity contribution in [3.8, 4) is 0 Å². The number of hydrogen-bond acceptors (Lipinski definition) is 4. The number of aromatic amines is 1. The Hall–Kier alpha value is -1.56. The Morgan fingerprint density at radius 2 is 2.35 bits per heavy atom. The topological polar surface area (TPSA) is 66.3 Å². The quantitative estimate of drug-likeness (QED) is 0.824. The van der Waals surface area contributed by atoms with Gasteiger partial charge in [-0.1, -0.05) is 0 Å². The van der Waals surface area contributed by atoms with E-state index in [1.807, 2.05) is 18.9 Å². The standard InChI is InChI=1S/C10H14ClN5O/c1-6(5-11)15(3)8-4-9-13-14-10(17)16(9)7(2)12-8/h4,6H,5H2,1-3H3,(H,14,17). The minimum Gasteiger partial charge on any atom is -0.356 e. The highest BCUT2D eigenvalue weighted by Crippen LogP contribution is 2.15. The first kappa shape index (κ1) is 11.9. The van der Waals surface area contributed by atoms with Crippen molar-refractivity contribution in [2.24, 2.45) is 0 Å². The van der Waals surface area contributed by atoms with Gasteiger partial charge in [-0.05, 0) is 13.8 Å². The van der Waals surface area contributed by atoms with Gasteiger partial charge in [-0.15, -0.1) is 11.6 Å². The van der Waals surface area contributed by atoms with Crippen LogP contribution >= 0.6 is 11.6 Å². The zero-order valence-electron chi connectivity index (χ0n) is 9.94. The maximum atomic E-state index is 11.4. The van der Waals surface area contributed by atoms with Crippen LogP contribution in [0.4, 0.5) is 5.82 Å². The van der Waals surface area contributed by atoms with Crippen molar-refractivity contribution in [3.63, 3.8) is 0 Å². The molecule has 0 aromatic carbocycles. The highest BCUT2D eigenvalue weighted by Gasteiger charge is 2.13. The lowest BCUT2D eigenvalue weighted by molar-refractivity contribution is 0.743. The Morgan fingerprint density at radius 3 is 3.00 bits per heavy atom. The first-order chi connectivity index (χ1) is 8.04. The maximum absolute atomic E-state index is 11.4. The molecule has 0 radical (unpaired) electrons. The minimum atomic E-state index is -0.274. The van der Waals surface area contributed by atoms with Crippen molar-refractivity contribution in [1.82, 2.24) is 19.6 Å². The van der Waals surface area contributed by atoms with Crippen LogP contribution in [0.2, 0.25) is 0 Å². The van der Waals surface area contributed by atoms with Crippen LogP contribution in [-0.4, -0.2) is 38.6 Å². The predicted molar refractivity (Wildman–Crippen MR) is 66.9 cm³/mol. The van der Waals surface area contributed by atoms with E-state index >= 15 is 0 Å². The molecule has 0 saturated heterocycles. The average Bonchev–Trinajstić information content (AvgIpc) is 2.69. The number of aryl methyl sites for hydroxylation is 1. The van der Waals surface area contributed by atoms with Gasteiger partial charge in [0.15, 0.2) is 5.65 Å². The molecule has 17 heavy (non-hydrogen) atoms. The van der Waals surface area contributed by atoms with Crippen LogP contribution in [0.5, 0.6) is 0 Å². The third kappa shape index (κ3) is 2.00. The molecule has 6 nitrogen and oxygen atoms in total. The summed E-state index contributed by atoms with van der Waals surface area (Å²) in [5.41, 5.74) is 0.288. The number of anilines is 1. The molecule has 2 aromatic rings. The van der Waals surface area contributed by atoms with Gasteiger partial charge in [0.05, 0.1) is 0 Å². The van der Waals surface area contributed by atoms with Crippen molar-refractivity contribution < 1.29 is 0 Å². The molecule has 7 heteroatoms. The SMILES string of the molecule is Cc1nc(N(C)C(C)CCl)cc2n[nH]c(=O)n12. The fourth-order valence-electron chi connectivity index (χ4n) is 1.59. The van der Waals surface area contributed by atoms with Crippen LogP contribution in [0, 0.1) is 6.92 Å². The normalized spacial score (nSPS) is 12.9. The number of nitrogens with zero attached hydrogens (tertiary/aromatic N) is 4. The van der Waals surface area contributed by atoms with E-state index in [1.54, 1.807) is 13.0 Å². The van der Waals surface area contributed by atoms with Crippen molar-refractivity contribution in [3.05, 3.63) is 22.4 Å². The van der Waals surface area contributed by atoms with Crippen molar-refractivity contribution in [2.75, 3.05) is 17.8 Å². The summed E-state index contributed by atoms with van der Waals surface area (Å²) in [5, 5.41) is 6.33. The van der Waals surface area contributed by atoms with E-state index in [0.29, 0.717) is 17.4 Å². The predicted octanol–water partition coefficient (Wildman–Crippen LogP) is 0.790. The fourth-order valence-corrected chi connectivity index (χ4v) is 1.80. The number of fused-ring (bicyclic) bond motifs is 1. The molecule has 0 aliphatic heterocycles. The summed E-state index contributed by atoms with van der Waals surface area (Å²) in [7, 11) is 1.91. The number of H-pyrrole nitrogens is 1. The molecule has 2 heterocycles. The van der Waals surface area contributed by atoms with Crippen LogP contribution in [0.3, 0.4) is 0 Å². The van der Waals surface area contributed by atoms with Gasteiger partial charge in [0.25, 0.3) is 0 Å². The number of aromatic nitrogens is 4. The summed E-state index contributed by atoms with van der Waals surface area (Å²) in [6.45, 7) is 3.78. The maximum Gasteiger partial charge on any atom is 0.349 e. The minimum absolute atomic E-state index is 0.164. The Morgan fingerprint density at radius 1 is 1.65 bits per heavy atom. The molecule has 0 aliphatic rings. The molecule has 0 fully saturated rings. The first-order valence-corrected chi connectivity index (χ1v) is 5.81. The molecule has 0 spiro atoms. The molecule has 92 valence electrons. The number of halogens is 1. The van der Waals surface area contributed by atoms with Crippen LogP contribution in [-0.2, 0) is 0 Å². The molecule has 0 bridgehead atoms. The summed E-state index contributed by atoms with van der Waals surface area (Å²) in [6, 6.07) is 1.92. The molecule has 0 aliphatic carbocycles. The number of rotatable bonds is 3. The van der Waals surface area contributed by atoms with Gasteiger partial charge in [0.1, 0.15) is 11.6 Å². The van der Waals surface area contributed by atoms with Crippen LogP contribution in [0.25, 0.3) is 5.65 Å². The molecular formula is C10H14ClN5O. The first-order valence-electron chi connectivity index (χ1n) is 5.28. The van der Waals surface area contributed by atoms with Gasteiger partial charge in [0.2, 0.25) is 0 Å². The van der Waals surface area contributed by atoms with Crippen LogP contribution in [0.1, 0.15) is 12.7 Å². The highest BCUT2D eigenvalue weighted by molar-refractivity contribution is 6.18. The molecule has 1 unspecified atom stereocenters. The third-order valence-corrected chi connectivity index (χ3v) is 3.25. The summed E-state index contributed by atoms with van der Waals surface area (Å²) >= 11 is 5.81. The Bertz CT molecular complexity index is 590. The molecule has 0 saturated carbocycles. The summed E-state index contributed by atoms with van der Waals surface area (Å²) < 4.78 is 1.43. The van der Waals surface area contributed by atoms with Crippen molar-refractivity contribution in [1.29, 1.82) is 0 Å². The number of nitrogens with one attached hydrogen (secondary N) is 1. The van der Waals surface area contributed by atoms with Gasteiger partial charge in [-0.25, -0.2) is 19.3 Å². The zero-order valence-corrected chi connectivity index (χ0v) is 10.7. The summed E-state index contributed by atoms with van der Waals surface area (Å²) in [5.74, 6) is 1.86. The molecule has 2 aromatic heterocycles. The van der Waals surface area contributed by atoms with Gasteiger partial charge in [-0.2, -0.15) is 5.10 Å². The Kier molecular flexibility index (Phi) is 3.06. The second-order valence-electron chi connectivity index (χ2n) is 4.00. The van der Waals surface area contributed by atoms with E-state index in [2.05, 4.69) is 15.2 Å². The van der Waals surface area contributed by atoms with Crippen LogP contribution in [0.15, 0.2) is 10.9 Å². The third-order valence-electron chi connectivity index (χ3n) is 2.80. The van der Waals surface area contributed by atoms with Gasteiger partial charge in [0, 0.05) is 25.0 Å². The van der Waals surface area contributed by atoms with E-state index in [4.69, 9.17) is 11.6 Å². The van der Waals surface area contributed by atoms with Gasteiger partial charge < -0.3 is 4.90 Å². The van der Waals surface area contributed by atoms with E-state index in [9.17, 15) is 4.79 Å². The number of hydrogen-bond donors (Lipinski definition) is 1. The molecular weight excluding hydrogens is 242 g/mol. The largest absolute Gasteiger partial charge is 0.356 e. The summed E-state index contributed by atoms with van der Waals surface area (Å²) in [6.07, 6.45) is 0. The van der Waals surface area contributed by atoms with Gasteiger partial charge >= 0.3 is 5.69 Å². The van der Waals surface area contributed by atoms with E-state index in [0.717, 1.165) is 5.82 Å². The van der Waals surface area contributed by atoms with Crippen LogP contribution < -0.4 is 10.6 Å². The van der Waals surface area contributed by atoms with E-state index < -0.39 is 0 Å². The van der Waals surface area contributed by atoms with E-state index in [-0.39, 0.29) is 11.7 Å². The smallest absolute Gasteiger partial charge is 0.349 e. The lowest BCUT2D eigenvalue weighted by atomic mass is 10.3. The zero-order chi connectivity index (χ0) is 12.6. The van der Waals surface area contributed by atoms with Crippen molar-refractivity contribution in [2.45, 2.75) is 19.9 Å². The highest BCUT2D eigenvalue weighted by atomic mass is 35.5. The molecule has 1 N–H and O–H groups in total. The lowest BCUT2D eigenvalue weighted by Crippen LogP contribution is -2.31. The molecule has 0 amide bonds. The second kappa shape index (κ2) is 4.37. The fraction of sp³-hybridized carbons (Fsp3) is 0.500. The Labute approximate surface area is 103 Å². The lowest BCUT2D eigenvalue weighted by Gasteiger charge is -2.24. The average molecular weight is 256 g/mol. The monoisotopic (exact) mass is 255 g/mol. The molecule has 1 atom stereocenters. The van der Waals surface area contributed by atoms with E-state index in [1.165, 1.54) is 4.40 Å². The second-order valence-corrected chi connectivity index (χ2v) is 4.31. The van der Waals surface area contributed by atoms with Gasteiger partial charge in [-0.3, -0.25) is 0 Å². The summed E-state index contributed by atoms with van der Waals surface area (Å²) in [4.78, 5) is 17.8. The Balaban J connectivity index is 2.54. The van der Waals surface area contributed by atoms with Crippen molar-refractivity contribution >= 4 is 23.1 Å². The molecule has 2 rings (SSSR count). The number of alkyl halides is 1.